The predicted octanol–water partition coefficient (Wildman–Crippen LogP) is 2.10. The molecule has 12 heteroatoms. The number of hydrogen-bond acceptors (Lipinski definition) is 7. The van der Waals surface area contributed by atoms with Crippen molar-refractivity contribution in [1.29, 1.82) is 0 Å². The highest BCUT2D eigenvalue weighted by atomic mass is 35.5. The van der Waals surface area contributed by atoms with E-state index in [4.69, 9.17) is 20.5 Å². The number of aliphatic hydroxyl groups is 1. The van der Waals surface area contributed by atoms with E-state index in [1.165, 1.54) is 6.07 Å². The SMILES string of the molecule is BC1CN(C)CC(O)C1c1c(OP(=O)(O)O)cc(O)c2c(=O)cc(-c3ccccc3Cl)oc12. The molecule has 9 nitrogen and oxygen atoms in total. The van der Waals surface area contributed by atoms with E-state index in [1.807, 2.05) is 19.8 Å². The molecule has 0 aliphatic carbocycles. The quantitative estimate of drug-likeness (QED) is 0.318. The number of phosphoric ester groups is 1. The minimum Gasteiger partial charge on any atom is -0.507 e. The Labute approximate surface area is 194 Å². The zero-order valence-electron chi connectivity index (χ0n) is 17.8. The maximum Gasteiger partial charge on any atom is 0.524 e. The Balaban J connectivity index is 2.08. The van der Waals surface area contributed by atoms with Gasteiger partial charge in [-0.2, -0.15) is 0 Å². The highest BCUT2D eigenvalue weighted by molar-refractivity contribution is 7.46. The maximum atomic E-state index is 13.0. The van der Waals surface area contributed by atoms with Gasteiger partial charge in [0.1, 0.15) is 36.1 Å². The fourth-order valence-corrected chi connectivity index (χ4v) is 5.23. The average Bonchev–Trinajstić information content (AvgIpc) is 2.68. The van der Waals surface area contributed by atoms with Gasteiger partial charge < -0.3 is 24.1 Å². The molecular formula is C21H22BClNO8P. The molecule has 1 aromatic heterocycles. The number of likely N-dealkylation sites (tertiary alicyclic amines) is 1. The number of halogens is 1. The second-order valence-corrected chi connectivity index (χ2v) is 9.91. The van der Waals surface area contributed by atoms with Gasteiger partial charge in [-0.1, -0.05) is 23.7 Å². The molecule has 1 saturated heterocycles. The van der Waals surface area contributed by atoms with Crippen LogP contribution in [0.3, 0.4) is 0 Å². The number of benzene rings is 2. The first kappa shape index (κ1) is 23.8. The normalized spacial score (nSPS) is 21.9. The number of phenolic OH excluding ortho intramolecular Hbond substituents is 1. The summed E-state index contributed by atoms with van der Waals surface area (Å²) in [6.07, 6.45) is -0.958. The second kappa shape index (κ2) is 8.79. The molecule has 2 aromatic carbocycles. The van der Waals surface area contributed by atoms with E-state index >= 15 is 0 Å². The summed E-state index contributed by atoms with van der Waals surface area (Å²) in [5.41, 5.74) is -0.184. The predicted molar refractivity (Wildman–Crippen MR) is 126 cm³/mol. The van der Waals surface area contributed by atoms with Crippen molar-refractivity contribution in [3.05, 3.63) is 57.2 Å². The van der Waals surface area contributed by atoms with Crippen LogP contribution < -0.4 is 9.95 Å². The van der Waals surface area contributed by atoms with Crippen LogP contribution in [-0.2, 0) is 4.57 Å². The molecule has 3 unspecified atom stereocenters. The third kappa shape index (κ3) is 4.68. The second-order valence-electron chi connectivity index (χ2n) is 8.34. The summed E-state index contributed by atoms with van der Waals surface area (Å²) >= 11 is 6.28. The molecule has 3 aromatic rings. The van der Waals surface area contributed by atoms with Crippen LogP contribution >= 0.6 is 19.4 Å². The molecule has 3 atom stereocenters. The first-order chi connectivity index (χ1) is 15.5. The van der Waals surface area contributed by atoms with Crippen LogP contribution in [0.2, 0.25) is 10.8 Å². The van der Waals surface area contributed by atoms with Crippen molar-refractivity contribution >= 4 is 38.2 Å². The van der Waals surface area contributed by atoms with Gasteiger partial charge in [-0.05, 0) is 31.5 Å². The maximum absolute atomic E-state index is 13.0. The van der Waals surface area contributed by atoms with Gasteiger partial charge in [0.05, 0.1) is 11.1 Å². The van der Waals surface area contributed by atoms with Gasteiger partial charge >= 0.3 is 7.82 Å². The first-order valence-corrected chi connectivity index (χ1v) is 12.1. The van der Waals surface area contributed by atoms with Crippen molar-refractivity contribution in [1.82, 2.24) is 4.90 Å². The van der Waals surface area contributed by atoms with E-state index in [1.54, 1.807) is 24.3 Å². The lowest BCUT2D eigenvalue weighted by Crippen LogP contribution is -2.44. The van der Waals surface area contributed by atoms with Crippen molar-refractivity contribution in [2.24, 2.45) is 0 Å². The first-order valence-electron chi connectivity index (χ1n) is 10.2. The number of phenols is 1. The molecular weight excluding hydrogens is 471 g/mol. The van der Waals surface area contributed by atoms with Gasteiger partial charge in [-0.15, -0.1) is 0 Å². The van der Waals surface area contributed by atoms with E-state index < -0.39 is 31.0 Å². The lowest BCUT2D eigenvalue weighted by molar-refractivity contribution is 0.0639. The zero-order valence-corrected chi connectivity index (χ0v) is 19.5. The van der Waals surface area contributed by atoms with E-state index in [0.29, 0.717) is 17.1 Å². The fourth-order valence-electron chi connectivity index (χ4n) is 4.59. The Kier molecular flexibility index (Phi) is 6.35. The summed E-state index contributed by atoms with van der Waals surface area (Å²) in [4.78, 5) is 33.9. The summed E-state index contributed by atoms with van der Waals surface area (Å²) in [5, 5.41) is 21.6. The van der Waals surface area contributed by atoms with Gasteiger partial charge in [0.15, 0.2) is 5.43 Å². The number of β-amino-alcohol motifs (C(OH)–C–C–N with tert-alkyl or cyclic N) is 1. The number of phosphoric acid groups is 1. The molecule has 1 aliphatic rings. The lowest BCUT2D eigenvalue weighted by atomic mass is 9.68. The van der Waals surface area contributed by atoms with Crippen LogP contribution in [-0.4, -0.2) is 59.0 Å². The van der Waals surface area contributed by atoms with Crippen molar-refractivity contribution in [3.63, 3.8) is 0 Å². The molecule has 0 bridgehead atoms. The van der Waals surface area contributed by atoms with Crippen LogP contribution in [0.25, 0.3) is 22.3 Å². The molecule has 1 aliphatic heterocycles. The number of rotatable bonds is 4. The Morgan fingerprint density at radius 3 is 2.58 bits per heavy atom. The lowest BCUT2D eigenvalue weighted by Gasteiger charge is -2.39. The van der Waals surface area contributed by atoms with E-state index in [2.05, 4.69) is 0 Å². The van der Waals surface area contributed by atoms with Gasteiger partial charge in [0.25, 0.3) is 0 Å². The number of nitrogens with zero attached hydrogens (tertiary/aromatic N) is 1. The molecule has 0 radical (unpaired) electrons. The smallest absolute Gasteiger partial charge is 0.507 e. The molecule has 4 rings (SSSR count). The minimum atomic E-state index is -5.05. The van der Waals surface area contributed by atoms with E-state index in [9.17, 15) is 29.4 Å². The topological polar surface area (TPSA) is 141 Å². The number of likely N-dealkylation sites (N-methyl/N-ethyl adjacent to an activating group) is 1. The van der Waals surface area contributed by atoms with E-state index in [0.717, 1.165) is 6.07 Å². The van der Waals surface area contributed by atoms with E-state index in [-0.39, 0.29) is 40.4 Å². The summed E-state index contributed by atoms with van der Waals surface area (Å²) in [6.45, 7) is 0.842. The molecule has 33 heavy (non-hydrogen) atoms. The Morgan fingerprint density at radius 2 is 1.94 bits per heavy atom. The van der Waals surface area contributed by atoms with Crippen LogP contribution in [0.4, 0.5) is 0 Å². The number of hydrogen-bond donors (Lipinski definition) is 4. The van der Waals surface area contributed by atoms with Crippen LogP contribution in [0, 0.1) is 0 Å². The standard InChI is InChI=1S/C21H22BClNO8P/c1-24-8-11(22)18(15(27)9-24)20-17(32-33(28,29)30)7-14(26)19-13(25)6-16(31-21(19)20)10-4-2-3-5-12(10)23/h2-7,11,15,18,26-27H,8-9,22H2,1H3,(H2,28,29,30). The monoisotopic (exact) mass is 493 g/mol. The van der Waals surface area contributed by atoms with Gasteiger partial charge in [0.2, 0.25) is 0 Å². The molecule has 0 amide bonds. The highest BCUT2D eigenvalue weighted by Crippen LogP contribution is 2.50. The van der Waals surface area contributed by atoms with Crippen molar-refractivity contribution < 1.29 is 33.5 Å². The molecule has 4 N–H and O–H groups in total. The third-order valence-electron chi connectivity index (χ3n) is 5.80. The van der Waals surface area contributed by atoms with Gasteiger partial charge in [-0.3, -0.25) is 14.6 Å². The molecule has 0 spiro atoms. The summed E-state index contributed by atoms with van der Waals surface area (Å²) in [5.74, 6) is -1.74. The van der Waals surface area contributed by atoms with Crippen molar-refractivity contribution in [2.75, 3.05) is 20.1 Å². The molecule has 174 valence electrons. The van der Waals surface area contributed by atoms with Crippen LogP contribution in [0.5, 0.6) is 11.5 Å². The fraction of sp³-hybridized carbons (Fsp3) is 0.286. The summed E-state index contributed by atoms with van der Waals surface area (Å²) in [7, 11) is -1.35. The zero-order chi connectivity index (χ0) is 24.1. The Morgan fingerprint density at radius 1 is 1.24 bits per heavy atom. The third-order valence-corrected chi connectivity index (χ3v) is 6.56. The number of aromatic hydroxyl groups is 1. The Bertz CT molecular complexity index is 1310. The highest BCUT2D eigenvalue weighted by Gasteiger charge is 2.39. The van der Waals surface area contributed by atoms with Crippen molar-refractivity contribution in [3.8, 4) is 22.8 Å². The molecule has 2 heterocycles. The Hall–Kier alpha value is -2.33. The minimum absolute atomic E-state index is 0.0992. The summed E-state index contributed by atoms with van der Waals surface area (Å²) in [6, 6.07) is 8.85. The molecule has 1 fully saturated rings. The largest absolute Gasteiger partial charge is 0.524 e. The van der Waals surface area contributed by atoms with Gasteiger partial charge in [-0.25, -0.2) is 4.57 Å². The number of piperidine rings is 1. The molecule has 0 saturated carbocycles. The summed E-state index contributed by atoms with van der Waals surface area (Å²) < 4.78 is 22.7. The average molecular weight is 494 g/mol. The van der Waals surface area contributed by atoms with Gasteiger partial charge in [0, 0.05) is 35.7 Å². The van der Waals surface area contributed by atoms with Crippen molar-refractivity contribution in [2.45, 2.75) is 17.8 Å². The van der Waals surface area contributed by atoms with Crippen LogP contribution in [0.1, 0.15) is 11.5 Å². The number of aliphatic hydroxyl groups excluding tert-OH is 1. The van der Waals surface area contributed by atoms with Crippen LogP contribution in [0.15, 0.2) is 45.6 Å². The number of fused-ring (bicyclic) bond motifs is 1.